The van der Waals surface area contributed by atoms with Crippen molar-refractivity contribution in [1.82, 2.24) is 10.2 Å². The minimum absolute atomic E-state index is 0.0974. The lowest BCUT2D eigenvalue weighted by molar-refractivity contribution is -0.160. The van der Waals surface area contributed by atoms with Crippen LogP contribution in [0.1, 0.15) is 85.3 Å². The molecule has 1 saturated heterocycles. The quantitative estimate of drug-likeness (QED) is 0.383. The van der Waals surface area contributed by atoms with Crippen molar-refractivity contribution in [3.63, 3.8) is 0 Å². The number of carbonyl (C=O) groups is 3. The van der Waals surface area contributed by atoms with E-state index in [0.717, 1.165) is 22.3 Å². The number of carbonyl (C=O) groups excluding carboxylic acids is 3. The van der Waals surface area contributed by atoms with Crippen molar-refractivity contribution < 1.29 is 28.6 Å². The second-order valence-corrected chi connectivity index (χ2v) is 13.5. The molecule has 2 aromatic carbocycles. The molecule has 1 aliphatic heterocycles. The molecule has 0 unspecified atom stereocenters. The first-order valence-electron chi connectivity index (χ1n) is 15.0. The third-order valence-corrected chi connectivity index (χ3v) is 7.83. The van der Waals surface area contributed by atoms with E-state index in [1.807, 2.05) is 58.9 Å². The molecule has 0 spiro atoms. The van der Waals surface area contributed by atoms with Crippen LogP contribution in [0.5, 0.6) is 0 Å². The zero-order chi connectivity index (χ0) is 30.8. The van der Waals surface area contributed by atoms with Gasteiger partial charge in [0.15, 0.2) is 0 Å². The summed E-state index contributed by atoms with van der Waals surface area (Å²) in [5.74, 6) is -1.16. The smallest absolute Gasteiger partial charge is 0.410 e. The SMILES string of the molecule is CC[C@H](C)[C@H](NC(=O)[C@H]1C[C@@H](OC(C)(C)C)CN1C(=O)OCC1c2ccccc2-c2ccccc21)C(=O)OC(C)(C)C. The maximum absolute atomic E-state index is 13.7. The normalized spacial score (nSPS) is 20.0. The van der Waals surface area contributed by atoms with Gasteiger partial charge < -0.3 is 19.5 Å². The molecule has 1 N–H and O–H groups in total. The van der Waals surface area contributed by atoms with Gasteiger partial charge in [-0.3, -0.25) is 9.69 Å². The lowest BCUT2D eigenvalue weighted by Crippen LogP contribution is -2.54. The Morgan fingerprint density at radius 1 is 0.929 bits per heavy atom. The molecule has 228 valence electrons. The Morgan fingerprint density at radius 2 is 1.50 bits per heavy atom. The molecular weight excluding hydrogens is 532 g/mol. The van der Waals surface area contributed by atoms with Crippen LogP contribution in [0.25, 0.3) is 11.1 Å². The Morgan fingerprint density at radius 3 is 2.02 bits per heavy atom. The molecule has 8 nitrogen and oxygen atoms in total. The molecule has 2 aromatic rings. The number of likely N-dealkylation sites (tertiary alicyclic amines) is 1. The number of nitrogens with one attached hydrogen (secondary N) is 1. The van der Waals surface area contributed by atoms with Gasteiger partial charge in [0.2, 0.25) is 5.91 Å². The van der Waals surface area contributed by atoms with Crippen LogP contribution in [0.2, 0.25) is 0 Å². The van der Waals surface area contributed by atoms with Gasteiger partial charge in [-0.15, -0.1) is 0 Å². The molecule has 1 heterocycles. The molecule has 8 heteroatoms. The highest BCUT2D eigenvalue weighted by molar-refractivity contribution is 5.90. The highest BCUT2D eigenvalue weighted by Crippen LogP contribution is 2.44. The average Bonchev–Trinajstić information content (AvgIpc) is 3.47. The number of amides is 2. The van der Waals surface area contributed by atoms with E-state index in [1.165, 1.54) is 4.90 Å². The molecule has 0 radical (unpaired) electrons. The van der Waals surface area contributed by atoms with E-state index in [1.54, 1.807) is 20.8 Å². The van der Waals surface area contributed by atoms with Crippen LogP contribution in [0.3, 0.4) is 0 Å². The first-order chi connectivity index (χ1) is 19.7. The standard InChI is InChI=1S/C34H46N2O6/c1-9-21(2)29(31(38)42-34(6,7)8)35-30(37)28-18-22(41-33(3,4)5)19-36(28)32(39)40-20-27-25-16-12-10-14-23(25)24-15-11-13-17-26(24)27/h10-17,21-22,27-29H,9,18-20H2,1-8H3,(H,35,37)/t21-,22+,28+,29-/m0/s1. The van der Waals surface area contributed by atoms with Gasteiger partial charge in [0.05, 0.1) is 18.2 Å². The van der Waals surface area contributed by atoms with Crippen molar-refractivity contribution in [2.24, 2.45) is 5.92 Å². The van der Waals surface area contributed by atoms with Crippen molar-refractivity contribution in [3.8, 4) is 11.1 Å². The zero-order valence-electron chi connectivity index (χ0n) is 26.2. The second-order valence-electron chi connectivity index (χ2n) is 13.5. The van der Waals surface area contributed by atoms with E-state index in [9.17, 15) is 14.4 Å². The fraction of sp³-hybridized carbons (Fsp3) is 0.559. The molecule has 2 amide bonds. The van der Waals surface area contributed by atoms with Gasteiger partial charge in [-0.05, 0) is 69.7 Å². The molecule has 4 atom stereocenters. The Bertz CT molecular complexity index is 1250. The number of rotatable bonds is 8. The van der Waals surface area contributed by atoms with Gasteiger partial charge >= 0.3 is 12.1 Å². The summed E-state index contributed by atoms with van der Waals surface area (Å²) in [6.45, 7) is 15.4. The monoisotopic (exact) mass is 578 g/mol. The van der Waals surface area contributed by atoms with E-state index in [-0.39, 0.29) is 31.1 Å². The second kappa shape index (κ2) is 12.5. The predicted molar refractivity (Wildman–Crippen MR) is 162 cm³/mol. The van der Waals surface area contributed by atoms with Gasteiger partial charge in [-0.1, -0.05) is 68.8 Å². The minimum Gasteiger partial charge on any atom is -0.458 e. The van der Waals surface area contributed by atoms with E-state index >= 15 is 0 Å². The summed E-state index contributed by atoms with van der Waals surface area (Å²) < 4.78 is 17.7. The van der Waals surface area contributed by atoms with Crippen molar-refractivity contribution in [1.29, 1.82) is 0 Å². The molecule has 1 fully saturated rings. The largest absolute Gasteiger partial charge is 0.458 e. The summed E-state index contributed by atoms with van der Waals surface area (Å²) in [6.07, 6.45) is 0.0365. The fourth-order valence-corrected chi connectivity index (χ4v) is 5.79. The van der Waals surface area contributed by atoms with Crippen LogP contribution in [-0.4, -0.2) is 65.4 Å². The number of ether oxygens (including phenoxy) is 3. The number of benzene rings is 2. The first kappa shape index (κ1) is 31.5. The molecule has 0 saturated carbocycles. The van der Waals surface area contributed by atoms with Gasteiger partial charge in [-0.2, -0.15) is 0 Å². The topological polar surface area (TPSA) is 94.2 Å². The van der Waals surface area contributed by atoms with Crippen LogP contribution in [0.15, 0.2) is 48.5 Å². The van der Waals surface area contributed by atoms with Crippen LogP contribution >= 0.6 is 0 Å². The maximum atomic E-state index is 13.7. The van der Waals surface area contributed by atoms with Gasteiger partial charge in [0, 0.05) is 12.3 Å². The van der Waals surface area contributed by atoms with Crippen LogP contribution in [-0.2, 0) is 23.8 Å². The predicted octanol–water partition coefficient (Wildman–Crippen LogP) is 6.07. The highest BCUT2D eigenvalue weighted by atomic mass is 16.6. The minimum atomic E-state index is -0.845. The van der Waals surface area contributed by atoms with Gasteiger partial charge in [0.1, 0.15) is 24.3 Å². The number of fused-ring (bicyclic) bond motifs is 3. The number of hydrogen-bond acceptors (Lipinski definition) is 6. The van der Waals surface area contributed by atoms with Crippen molar-refractivity contribution in [2.45, 2.75) is 104 Å². The summed E-state index contributed by atoms with van der Waals surface area (Å²) in [6, 6.07) is 14.6. The van der Waals surface area contributed by atoms with Crippen LogP contribution in [0.4, 0.5) is 4.79 Å². The molecular formula is C34H46N2O6. The highest BCUT2D eigenvalue weighted by Gasteiger charge is 2.44. The lowest BCUT2D eigenvalue weighted by Gasteiger charge is -2.30. The van der Waals surface area contributed by atoms with Crippen LogP contribution < -0.4 is 5.32 Å². The summed E-state index contributed by atoms with van der Waals surface area (Å²) >= 11 is 0. The van der Waals surface area contributed by atoms with Crippen molar-refractivity contribution in [2.75, 3.05) is 13.2 Å². The lowest BCUT2D eigenvalue weighted by atomic mass is 9.98. The first-order valence-corrected chi connectivity index (χ1v) is 15.0. The van der Waals surface area contributed by atoms with Crippen molar-refractivity contribution in [3.05, 3.63) is 59.7 Å². The summed E-state index contributed by atoms with van der Waals surface area (Å²) in [5, 5.41) is 2.91. The summed E-state index contributed by atoms with van der Waals surface area (Å²) in [5.41, 5.74) is 3.36. The van der Waals surface area contributed by atoms with E-state index in [0.29, 0.717) is 12.8 Å². The van der Waals surface area contributed by atoms with E-state index < -0.39 is 41.3 Å². The molecule has 1 aliphatic carbocycles. The Labute approximate surface area is 250 Å². The van der Waals surface area contributed by atoms with E-state index in [2.05, 4.69) is 29.6 Å². The third-order valence-electron chi connectivity index (χ3n) is 7.83. The number of hydrogen-bond donors (Lipinski definition) is 1. The zero-order valence-corrected chi connectivity index (χ0v) is 26.2. The third kappa shape index (κ3) is 7.33. The van der Waals surface area contributed by atoms with Gasteiger partial charge in [-0.25, -0.2) is 9.59 Å². The number of esters is 1. The van der Waals surface area contributed by atoms with Crippen LogP contribution in [0, 0.1) is 5.92 Å². The van der Waals surface area contributed by atoms with E-state index in [4.69, 9.17) is 14.2 Å². The molecule has 0 aromatic heterocycles. The Hall–Kier alpha value is -3.39. The Balaban J connectivity index is 1.52. The van der Waals surface area contributed by atoms with Gasteiger partial charge in [0.25, 0.3) is 0 Å². The molecule has 42 heavy (non-hydrogen) atoms. The number of nitrogens with zero attached hydrogens (tertiary/aromatic N) is 1. The van der Waals surface area contributed by atoms with Crippen molar-refractivity contribution >= 4 is 18.0 Å². The fourth-order valence-electron chi connectivity index (χ4n) is 5.79. The molecule has 0 bridgehead atoms. The average molecular weight is 579 g/mol. The summed E-state index contributed by atoms with van der Waals surface area (Å²) in [7, 11) is 0. The maximum Gasteiger partial charge on any atom is 0.410 e. The molecule has 2 aliphatic rings. The Kier molecular flexibility index (Phi) is 9.36. The summed E-state index contributed by atoms with van der Waals surface area (Å²) in [4.78, 5) is 41.9. The molecule has 4 rings (SSSR count).